The van der Waals surface area contributed by atoms with Gasteiger partial charge in [-0.3, -0.25) is 9.35 Å². The van der Waals surface area contributed by atoms with Gasteiger partial charge in [0, 0.05) is 11.1 Å². The van der Waals surface area contributed by atoms with Crippen molar-refractivity contribution >= 4 is 28.0 Å². The van der Waals surface area contributed by atoms with E-state index in [9.17, 15) is 22.8 Å². The fourth-order valence-electron chi connectivity index (χ4n) is 1.31. The molecule has 0 fully saturated rings. The molecule has 0 aromatic carbocycles. The molecule has 0 amide bonds. The van der Waals surface area contributed by atoms with Crippen LogP contribution >= 0.6 is 0 Å². The summed E-state index contributed by atoms with van der Waals surface area (Å²) < 4.78 is 45.6. The van der Waals surface area contributed by atoms with Crippen molar-refractivity contribution in [3.8, 4) is 0 Å². The minimum atomic E-state index is -4.39. The predicted molar refractivity (Wildman–Crippen MR) is 92.7 cm³/mol. The second-order valence-electron chi connectivity index (χ2n) is 6.20. The van der Waals surface area contributed by atoms with Crippen molar-refractivity contribution in [2.45, 2.75) is 32.9 Å². The first-order chi connectivity index (χ1) is 11.7. The first kappa shape index (κ1) is 28.6. The van der Waals surface area contributed by atoms with E-state index in [4.69, 9.17) is 18.8 Å². The molecule has 1 N–H and O–H groups in total. The fraction of sp³-hybridized carbons (Fsp3) is 0.562. The van der Waals surface area contributed by atoms with E-state index in [2.05, 4.69) is 13.2 Å². The van der Waals surface area contributed by atoms with Crippen molar-refractivity contribution in [2.75, 3.05) is 19.8 Å². The van der Waals surface area contributed by atoms with Gasteiger partial charge in [-0.25, -0.2) is 9.59 Å². The van der Waals surface area contributed by atoms with Gasteiger partial charge >= 0.3 is 69.3 Å². The Balaban J connectivity index is -0.00000312. The summed E-state index contributed by atoms with van der Waals surface area (Å²) in [6, 6.07) is 0. The van der Waals surface area contributed by atoms with E-state index in [1.807, 2.05) is 0 Å². The average Bonchev–Trinajstić information content (AvgIpc) is 2.53. The van der Waals surface area contributed by atoms with Gasteiger partial charge in [0.1, 0.15) is 30.5 Å². The predicted octanol–water partition coefficient (Wildman–Crippen LogP) is -1.83. The van der Waals surface area contributed by atoms with E-state index in [1.54, 1.807) is 0 Å². The Bertz CT molecular complexity index is 673. The number of hydrogen-bond donors (Lipinski definition) is 1. The maximum Gasteiger partial charge on any atom is 1.00 e. The minimum Gasteiger partial charge on any atom is -1.00 e. The van der Waals surface area contributed by atoms with Gasteiger partial charge in [-0.15, -0.1) is 0 Å². The molecule has 0 aliphatic heterocycles. The number of carbonyl (C=O) groups excluding carboxylic acids is 3. The monoisotopic (exact) mass is 432 g/mol. The topological polar surface area (TPSA) is 133 Å². The summed E-state index contributed by atoms with van der Waals surface area (Å²) in [4.78, 5) is 35.4. The van der Waals surface area contributed by atoms with Crippen molar-refractivity contribution in [3.63, 3.8) is 0 Å². The van der Waals surface area contributed by atoms with Crippen LogP contribution in [-0.2, 0) is 38.7 Å². The van der Waals surface area contributed by atoms with Crippen LogP contribution in [0.15, 0.2) is 24.3 Å². The van der Waals surface area contributed by atoms with Crippen LogP contribution in [0, 0.1) is 5.41 Å². The molecule has 0 radical (unpaired) electrons. The van der Waals surface area contributed by atoms with Crippen LogP contribution in [0.1, 0.15) is 29.1 Å². The Kier molecular flexibility index (Phi) is 12.8. The van der Waals surface area contributed by atoms with Crippen molar-refractivity contribution < 1.29 is 94.4 Å². The number of hydrogen-bond acceptors (Lipinski definition) is 8. The Morgan fingerprint density at radius 3 is 1.70 bits per heavy atom. The number of rotatable bonds is 10. The summed E-state index contributed by atoms with van der Waals surface area (Å²) in [6.07, 6.45) is 0. The van der Waals surface area contributed by atoms with Crippen molar-refractivity contribution in [1.82, 2.24) is 0 Å². The Morgan fingerprint density at radius 1 is 1.04 bits per heavy atom. The number of carbonyl (C=O) groups is 3. The van der Waals surface area contributed by atoms with Gasteiger partial charge in [0.05, 0.1) is 0 Å². The SMILES string of the molecule is C=C(C)C(=O)OCC(C)(COC(=O)C(=C)C)C(=O)OCC(C)S(=O)(=O)O.[H-].[K+]. The molecule has 11 heteroatoms. The van der Waals surface area contributed by atoms with Gasteiger partial charge in [0.15, 0.2) is 0 Å². The van der Waals surface area contributed by atoms with Crippen LogP contribution in [0.25, 0.3) is 0 Å². The zero-order valence-electron chi connectivity index (χ0n) is 17.2. The molecule has 1 unspecified atom stereocenters. The second-order valence-corrected chi connectivity index (χ2v) is 8.03. The van der Waals surface area contributed by atoms with Gasteiger partial charge in [-0.2, -0.15) is 8.42 Å². The van der Waals surface area contributed by atoms with Crippen LogP contribution < -0.4 is 51.4 Å². The molecule has 0 saturated carbocycles. The van der Waals surface area contributed by atoms with Crippen molar-refractivity contribution in [1.29, 1.82) is 0 Å². The Labute approximate surface area is 203 Å². The number of esters is 3. The van der Waals surface area contributed by atoms with Gasteiger partial charge < -0.3 is 15.6 Å². The molecule has 0 heterocycles. The molecule has 0 spiro atoms. The molecular formula is C16H25KO9S. The molecule has 0 aromatic rings. The third-order valence-electron chi connectivity index (χ3n) is 3.19. The van der Waals surface area contributed by atoms with Crippen molar-refractivity contribution in [3.05, 3.63) is 24.3 Å². The van der Waals surface area contributed by atoms with Gasteiger partial charge in [0.25, 0.3) is 10.1 Å². The minimum absolute atomic E-state index is 0. The third-order valence-corrected chi connectivity index (χ3v) is 4.34. The van der Waals surface area contributed by atoms with Crippen LogP contribution in [0.2, 0.25) is 0 Å². The van der Waals surface area contributed by atoms with Crippen LogP contribution in [0.4, 0.5) is 0 Å². The third kappa shape index (κ3) is 10.5. The summed E-state index contributed by atoms with van der Waals surface area (Å²) in [5, 5.41) is -1.35. The van der Waals surface area contributed by atoms with E-state index in [1.165, 1.54) is 20.8 Å². The molecule has 0 aromatic heterocycles. The maximum absolute atomic E-state index is 12.3. The molecule has 150 valence electrons. The van der Waals surface area contributed by atoms with E-state index in [0.717, 1.165) is 6.92 Å². The molecule has 0 aliphatic rings. The van der Waals surface area contributed by atoms with Crippen LogP contribution in [0.3, 0.4) is 0 Å². The molecule has 0 bridgehead atoms. The molecule has 0 aliphatic carbocycles. The zero-order valence-corrected chi connectivity index (χ0v) is 20.2. The maximum atomic E-state index is 12.3. The summed E-state index contributed by atoms with van der Waals surface area (Å²) in [5.74, 6) is -2.50. The van der Waals surface area contributed by atoms with E-state index >= 15 is 0 Å². The number of ether oxygens (including phenoxy) is 3. The van der Waals surface area contributed by atoms with Gasteiger partial charge in [0.2, 0.25) is 0 Å². The average molecular weight is 433 g/mol. The quantitative estimate of drug-likeness (QED) is 0.139. The molecular weight excluding hydrogens is 407 g/mol. The summed E-state index contributed by atoms with van der Waals surface area (Å²) >= 11 is 0. The molecule has 0 saturated heterocycles. The van der Waals surface area contributed by atoms with E-state index in [-0.39, 0.29) is 64.0 Å². The normalized spacial score (nSPS) is 12.2. The fourth-order valence-corrected chi connectivity index (χ4v) is 1.55. The van der Waals surface area contributed by atoms with Gasteiger partial charge in [-0.1, -0.05) is 13.2 Å². The summed E-state index contributed by atoms with van der Waals surface area (Å²) in [7, 11) is -4.39. The van der Waals surface area contributed by atoms with E-state index < -0.39 is 58.5 Å². The molecule has 1 atom stereocenters. The van der Waals surface area contributed by atoms with Crippen LogP contribution in [0.5, 0.6) is 0 Å². The zero-order chi connectivity index (χ0) is 20.7. The standard InChI is InChI=1S/C16H24O9S.K.H/c1-10(2)13(17)24-8-16(6,9-25-14(18)11(3)4)15(19)23-7-12(5)26(20,21)22;;/h12H,1,3,7-9H2,2,4-6H3,(H,20,21,22);;/q;+1;-1. The van der Waals surface area contributed by atoms with Crippen LogP contribution in [-0.4, -0.2) is 55.9 Å². The molecule has 0 rings (SSSR count). The Morgan fingerprint density at radius 2 is 1.41 bits per heavy atom. The smallest absolute Gasteiger partial charge is 1.00 e. The summed E-state index contributed by atoms with van der Waals surface area (Å²) in [6.45, 7) is 10.4. The first-order valence-corrected chi connectivity index (χ1v) is 9.00. The Hall–Kier alpha value is -0.564. The van der Waals surface area contributed by atoms with Gasteiger partial charge in [-0.05, 0) is 27.7 Å². The second kappa shape index (κ2) is 12.1. The molecule has 27 heavy (non-hydrogen) atoms. The largest absolute Gasteiger partial charge is 1.00 e. The van der Waals surface area contributed by atoms with E-state index in [0.29, 0.717) is 0 Å². The van der Waals surface area contributed by atoms with Crippen molar-refractivity contribution in [2.24, 2.45) is 5.41 Å². The summed E-state index contributed by atoms with van der Waals surface area (Å²) in [5.41, 5.74) is -1.41. The first-order valence-electron chi connectivity index (χ1n) is 7.49. The molecule has 9 nitrogen and oxygen atoms in total.